The van der Waals surface area contributed by atoms with Gasteiger partial charge in [0.2, 0.25) is 0 Å². The molecule has 0 unspecified atom stereocenters. The number of hydrogen-bond donors (Lipinski definition) is 3. The van der Waals surface area contributed by atoms with Crippen molar-refractivity contribution in [3.05, 3.63) is 23.9 Å². The fourth-order valence-corrected chi connectivity index (χ4v) is 1.40. The van der Waals surface area contributed by atoms with Gasteiger partial charge in [0.15, 0.2) is 0 Å². The molecule has 1 amide bonds. The van der Waals surface area contributed by atoms with Crippen LogP contribution in [0.2, 0.25) is 0 Å². The van der Waals surface area contributed by atoms with E-state index in [1.807, 2.05) is 0 Å². The van der Waals surface area contributed by atoms with Gasteiger partial charge in [-0.2, -0.15) is 0 Å². The zero-order valence-corrected chi connectivity index (χ0v) is 11.0. The molecule has 0 saturated carbocycles. The van der Waals surface area contributed by atoms with Crippen LogP contribution in [0.5, 0.6) is 0 Å². The largest absolute Gasteiger partial charge is 0.481 e. The summed E-state index contributed by atoms with van der Waals surface area (Å²) in [5.74, 6) is -2.75. The third-order valence-electron chi connectivity index (χ3n) is 2.45. The third kappa shape index (κ3) is 4.23. The average Bonchev–Trinajstić information content (AvgIpc) is 2.37. The third-order valence-corrected chi connectivity index (χ3v) is 2.45. The summed E-state index contributed by atoms with van der Waals surface area (Å²) in [5.41, 5.74) is 0.159. The molecule has 0 aliphatic heterocycles. The normalized spacial score (nSPS) is 11.5. The molecule has 20 heavy (non-hydrogen) atoms. The van der Waals surface area contributed by atoms with E-state index in [2.05, 4.69) is 10.3 Å². The minimum Gasteiger partial charge on any atom is -0.481 e. The standard InChI is InChI=1S/C12H15N3O5/c1-15(2)9-4-3-7(6-13-9)11(18)14-8(12(19)20)5-10(16)17/h3-4,6,8H,5H2,1-2H3,(H,14,18)(H,16,17)(H,19,20)/t8-/m0/s1. The molecule has 1 aromatic rings. The molecule has 1 atom stereocenters. The number of carboxylic acid groups (broad SMARTS) is 2. The molecule has 108 valence electrons. The van der Waals surface area contributed by atoms with Crippen LogP contribution in [0.15, 0.2) is 18.3 Å². The predicted molar refractivity (Wildman–Crippen MR) is 69.7 cm³/mol. The van der Waals surface area contributed by atoms with Gasteiger partial charge in [-0.3, -0.25) is 9.59 Å². The van der Waals surface area contributed by atoms with Crippen molar-refractivity contribution in [1.29, 1.82) is 0 Å². The maximum atomic E-state index is 11.8. The predicted octanol–water partition coefficient (Wildman–Crippen LogP) is -0.195. The van der Waals surface area contributed by atoms with E-state index in [1.165, 1.54) is 12.3 Å². The topological polar surface area (TPSA) is 120 Å². The molecular weight excluding hydrogens is 266 g/mol. The molecule has 0 aliphatic carbocycles. The van der Waals surface area contributed by atoms with E-state index in [0.717, 1.165) is 0 Å². The summed E-state index contributed by atoms with van der Waals surface area (Å²) in [7, 11) is 3.57. The lowest BCUT2D eigenvalue weighted by atomic mass is 10.2. The number of pyridine rings is 1. The number of anilines is 1. The molecule has 0 aromatic carbocycles. The lowest BCUT2D eigenvalue weighted by molar-refractivity contribution is -0.145. The van der Waals surface area contributed by atoms with Gasteiger partial charge in [0.1, 0.15) is 11.9 Å². The Balaban J connectivity index is 2.78. The molecule has 0 fully saturated rings. The Bertz CT molecular complexity index is 512. The fraction of sp³-hybridized carbons (Fsp3) is 0.333. The highest BCUT2D eigenvalue weighted by Crippen LogP contribution is 2.08. The van der Waals surface area contributed by atoms with E-state index in [-0.39, 0.29) is 5.56 Å². The number of carbonyl (C=O) groups excluding carboxylic acids is 1. The Morgan fingerprint density at radius 3 is 2.35 bits per heavy atom. The number of nitrogens with zero attached hydrogens (tertiary/aromatic N) is 2. The molecule has 8 nitrogen and oxygen atoms in total. The number of carbonyl (C=O) groups is 3. The Morgan fingerprint density at radius 1 is 1.30 bits per heavy atom. The smallest absolute Gasteiger partial charge is 0.326 e. The Labute approximate surface area is 115 Å². The lowest BCUT2D eigenvalue weighted by Crippen LogP contribution is -2.42. The van der Waals surface area contributed by atoms with E-state index in [1.54, 1.807) is 25.1 Å². The Kier molecular flexibility index (Phi) is 5.01. The first-order valence-corrected chi connectivity index (χ1v) is 5.70. The maximum Gasteiger partial charge on any atom is 0.326 e. The van der Waals surface area contributed by atoms with Crippen LogP contribution in [-0.2, 0) is 9.59 Å². The number of nitrogens with one attached hydrogen (secondary N) is 1. The van der Waals surface area contributed by atoms with Crippen LogP contribution in [0, 0.1) is 0 Å². The molecular formula is C12H15N3O5. The van der Waals surface area contributed by atoms with Gasteiger partial charge in [-0.15, -0.1) is 0 Å². The van der Waals surface area contributed by atoms with Gasteiger partial charge in [0.05, 0.1) is 12.0 Å². The summed E-state index contributed by atoms with van der Waals surface area (Å²) >= 11 is 0. The molecule has 3 N–H and O–H groups in total. The van der Waals surface area contributed by atoms with Crippen LogP contribution < -0.4 is 10.2 Å². The molecule has 8 heteroatoms. The van der Waals surface area contributed by atoms with Gasteiger partial charge in [0.25, 0.3) is 5.91 Å². The summed E-state index contributed by atoms with van der Waals surface area (Å²) in [6.07, 6.45) is 0.606. The molecule has 1 heterocycles. The SMILES string of the molecule is CN(C)c1ccc(C(=O)N[C@@H](CC(=O)O)C(=O)O)cn1. The van der Waals surface area contributed by atoms with Crippen molar-refractivity contribution < 1.29 is 24.6 Å². The van der Waals surface area contributed by atoms with E-state index in [0.29, 0.717) is 5.82 Å². The fourth-order valence-electron chi connectivity index (χ4n) is 1.40. The maximum absolute atomic E-state index is 11.8. The first-order valence-electron chi connectivity index (χ1n) is 5.70. The highest BCUT2D eigenvalue weighted by molar-refractivity contribution is 5.97. The molecule has 0 radical (unpaired) electrons. The quantitative estimate of drug-likeness (QED) is 0.660. The number of amides is 1. The van der Waals surface area contributed by atoms with Crippen LogP contribution in [-0.4, -0.2) is 53.2 Å². The van der Waals surface area contributed by atoms with Gasteiger partial charge in [-0.05, 0) is 12.1 Å². The number of carboxylic acids is 2. The van der Waals surface area contributed by atoms with Crippen LogP contribution in [0.3, 0.4) is 0 Å². The second-order valence-corrected chi connectivity index (χ2v) is 4.26. The minimum atomic E-state index is -1.48. The van der Waals surface area contributed by atoms with Crippen molar-refractivity contribution in [3.63, 3.8) is 0 Å². The van der Waals surface area contributed by atoms with Crippen molar-refractivity contribution in [2.45, 2.75) is 12.5 Å². The average molecular weight is 281 g/mol. The van der Waals surface area contributed by atoms with Crippen molar-refractivity contribution in [2.24, 2.45) is 0 Å². The monoisotopic (exact) mass is 281 g/mol. The van der Waals surface area contributed by atoms with E-state index in [9.17, 15) is 14.4 Å². The molecule has 0 bridgehead atoms. The van der Waals surface area contributed by atoms with Crippen LogP contribution in [0.25, 0.3) is 0 Å². The number of aliphatic carboxylic acids is 2. The van der Waals surface area contributed by atoms with E-state index >= 15 is 0 Å². The number of hydrogen-bond acceptors (Lipinski definition) is 5. The van der Waals surface area contributed by atoms with Crippen molar-refractivity contribution in [2.75, 3.05) is 19.0 Å². The van der Waals surface area contributed by atoms with Gasteiger partial charge < -0.3 is 20.4 Å². The summed E-state index contributed by atoms with van der Waals surface area (Å²) in [4.78, 5) is 38.9. The minimum absolute atomic E-state index is 0.159. The molecule has 1 rings (SSSR count). The van der Waals surface area contributed by atoms with Gasteiger partial charge in [0, 0.05) is 20.3 Å². The van der Waals surface area contributed by atoms with Crippen molar-refractivity contribution >= 4 is 23.7 Å². The van der Waals surface area contributed by atoms with Gasteiger partial charge >= 0.3 is 11.9 Å². The number of aromatic nitrogens is 1. The summed E-state index contributed by atoms with van der Waals surface area (Å²) in [5, 5.41) is 19.6. The van der Waals surface area contributed by atoms with Crippen molar-refractivity contribution in [1.82, 2.24) is 10.3 Å². The number of rotatable bonds is 6. The van der Waals surface area contributed by atoms with Gasteiger partial charge in [-0.25, -0.2) is 9.78 Å². The first-order chi connectivity index (χ1) is 9.31. The van der Waals surface area contributed by atoms with Crippen LogP contribution in [0.1, 0.15) is 16.8 Å². The Hall–Kier alpha value is -2.64. The second-order valence-electron chi connectivity index (χ2n) is 4.26. The first kappa shape index (κ1) is 15.4. The van der Waals surface area contributed by atoms with Crippen molar-refractivity contribution in [3.8, 4) is 0 Å². The van der Waals surface area contributed by atoms with Crippen LogP contribution in [0.4, 0.5) is 5.82 Å². The highest BCUT2D eigenvalue weighted by Gasteiger charge is 2.23. The van der Waals surface area contributed by atoms with E-state index in [4.69, 9.17) is 10.2 Å². The summed E-state index contributed by atoms with van der Waals surface area (Å²) in [6, 6.07) is 1.60. The molecule has 0 spiro atoms. The lowest BCUT2D eigenvalue weighted by Gasteiger charge is -2.13. The van der Waals surface area contributed by atoms with Crippen LogP contribution >= 0.6 is 0 Å². The molecule has 0 aliphatic rings. The van der Waals surface area contributed by atoms with Gasteiger partial charge in [-0.1, -0.05) is 0 Å². The molecule has 1 aromatic heterocycles. The second kappa shape index (κ2) is 6.50. The summed E-state index contributed by atoms with van der Waals surface area (Å²) < 4.78 is 0. The Morgan fingerprint density at radius 2 is 1.95 bits per heavy atom. The highest BCUT2D eigenvalue weighted by atomic mass is 16.4. The zero-order chi connectivity index (χ0) is 15.3. The molecule has 0 saturated heterocycles. The summed E-state index contributed by atoms with van der Waals surface area (Å²) in [6.45, 7) is 0. The zero-order valence-electron chi connectivity index (χ0n) is 11.0. The van der Waals surface area contributed by atoms with E-state index < -0.39 is 30.3 Å².